The van der Waals surface area contributed by atoms with Crippen molar-refractivity contribution in [3.05, 3.63) is 28.8 Å². The van der Waals surface area contributed by atoms with Crippen LogP contribution in [-0.4, -0.2) is 24.5 Å². The van der Waals surface area contributed by atoms with E-state index in [0.717, 1.165) is 11.1 Å². The number of benzene rings is 1. The van der Waals surface area contributed by atoms with E-state index in [-0.39, 0.29) is 11.5 Å². The summed E-state index contributed by atoms with van der Waals surface area (Å²) in [5.41, 5.74) is 2.22. The largest absolute Gasteiger partial charge is 0.508 e. The second kappa shape index (κ2) is 4.24. The van der Waals surface area contributed by atoms with E-state index < -0.39 is 0 Å². The SMILES string of the molecule is CNCC(=O)c1cc(C)c(O)cc1C. The molecule has 0 spiro atoms. The number of aromatic hydroxyl groups is 1. The van der Waals surface area contributed by atoms with Crippen LogP contribution >= 0.6 is 0 Å². The van der Waals surface area contributed by atoms with Crippen LogP contribution in [-0.2, 0) is 0 Å². The van der Waals surface area contributed by atoms with Gasteiger partial charge in [0.2, 0.25) is 0 Å². The number of nitrogens with one attached hydrogen (secondary N) is 1. The highest BCUT2D eigenvalue weighted by atomic mass is 16.3. The number of likely N-dealkylation sites (N-methyl/N-ethyl adjacent to an activating group) is 1. The van der Waals surface area contributed by atoms with Crippen LogP contribution in [0, 0.1) is 13.8 Å². The monoisotopic (exact) mass is 193 g/mol. The Labute approximate surface area is 83.8 Å². The molecule has 1 aromatic rings. The maximum Gasteiger partial charge on any atom is 0.176 e. The first kappa shape index (κ1) is 10.7. The zero-order valence-electron chi connectivity index (χ0n) is 8.72. The Morgan fingerprint density at radius 3 is 2.57 bits per heavy atom. The molecule has 0 aliphatic carbocycles. The molecule has 0 aromatic heterocycles. The van der Waals surface area contributed by atoms with E-state index in [1.54, 1.807) is 26.1 Å². The van der Waals surface area contributed by atoms with Crippen molar-refractivity contribution in [2.45, 2.75) is 13.8 Å². The summed E-state index contributed by atoms with van der Waals surface area (Å²) in [6.45, 7) is 3.93. The molecule has 0 bridgehead atoms. The molecule has 0 saturated carbocycles. The highest BCUT2D eigenvalue weighted by Crippen LogP contribution is 2.21. The minimum absolute atomic E-state index is 0.0492. The van der Waals surface area contributed by atoms with E-state index in [1.807, 2.05) is 6.92 Å². The third kappa shape index (κ3) is 2.12. The molecule has 0 saturated heterocycles. The van der Waals surface area contributed by atoms with Crippen molar-refractivity contribution in [1.29, 1.82) is 0 Å². The van der Waals surface area contributed by atoms with Crippen LogP contribution < -0.4 is 5.32 Å². The topological polar surface area (TPSA) is 49.3 Å². The summed E-state index contributed by atoms with van der Waals surface area (Å²) < 4.78 is 0. The van der Waals surface area contributed by atoms with Gasteiger partial charge in [-0.15, -0.1) is 0 Å². The molecule has 0 aliphatic rings. The maximum atomic E-state index is 11.6. The van der Waals surface area contributed by atoms with Crippen LogP contribution in [0.2, 0.25) is 0 Å². The number of phenols is 1. The second-order valence-electron chi connectivity index (χ2n) is 3.41. The average molecular weight is 193 g/mol. The fourth-order valence-electron chi connectivity index (χ4n) is 1.36. The minimum Gasteiger partial charge on any atom is -0.508 e. The van der Waals surface area contributed by atoms with Crippen LogP contribution in [0.5, 0.6) is 5.75 Å². The molecule has 14 heavy (non-hydrogen) atoms. The lowest BCUT2D eigenvalue weighted by Gasteiger charge is -2.07. The van der Waals surface area contributed by atoms with E-state index in [2.05, 4.69) is 5.32 Å². The number of hydrogen-bond donors (Lipinski definition) is 2. The van der Waals surface area contributed by atoms with Crippen molar-refractivity contribution < 1.29 is 9.90 Å². The summed E-state index contributed by atoms with van der Waals surface area (Å²) in [5, 5.41) is 12.2. The van der Waals surface area contributed by atoms with Gasteiger partial charge in [-0.2, -0.15) is 0 Å². The number of Topliss-reactive ketones (excluding diaryl/α,β-unsaturated/α-hetero) is 1. The van der Waals surface area contributed by atoms with Crippen LogP contribution in [0.3, 0.4) is 0 Å². The van der Waals surface area contributed by atoms with Gasteiger partial charge in [0.1, 0.15) is 5.75 Å². The van der Waals surface area contributed by atoms with Crippen LogP contribution in [0.25, 0.3) is 0 Å². The third-order valence-electron chi connectivity index (χ3n) is 2.18. The molecule has 1 rings (SSSR count). The predicted octanol–water partition coefficient (Wildman–Crippen LogP) is 1.41. The van der Waals surface area contributed by atoms with Crippen LogP contribution in [0.1, 0.15) is 21.5 Å². The minimum atomic E-state index is 0.0492. The van der Waals surface area contributed by atoms with Crippen LogP contribution in [0.4, 0.5) is 0 Å². The summed E-state index contributed by atoms with van der Waals surface area (Å²) in [4.78, 5) is 11.6. The molecule has 0 fully saturated rings. The van der Waals surface area contributed by atoms with E-state index in [0.29, 0.717) is 12.1 Å². The van der Waals surface area contributed by atoms with Crippen molar-refractivity contribution in [3.63, 3.8) is 0 Å². The lowest BCUT2D eigenvalue weighted by atomic mass is 10.0. The van der Waals surface area contributed by atoms with Gasteiger partial charge in [0, 0.05) is 5.56 Å². The third-order valence-corrected chi connectivity index (χ3v) is 2.18. The highest BCUT2D eigenvalue weighted by molar-refractivity contribution is 5.99. The van der Waals surface area contributed by atoms with Gasteiger partial charge in [0.05, 0.1) is 6.54 Å². The van der Waals surface area contributed by atoms with Gasteiger partial charge in [-0.05, 0) is 44.2 Å². The quantitative estimate of drug-likeness (QED) is 0.713. The number of carbonyl (C=O) groups excluding carboxylic acids is 1. The first-order valence-corrected chi connectivity index (χ1v) is 4.54. The molecule has 0 aliphatic heterocycles. The van der Waals surface area contributed by atoms with Crippen LogP contribution in [0.15, 0.2) is 12.1 Å². The Bertz CT molecular complexity index is 359. The summed E-state index contributed by atoms with van der Waals surface area (Å²) in [5.74, 6) is 0.289. The van der Waals surface area contributed by atoms with Gasteiger partial charge >= 0.3 is 0 Å². The normalized spacial score (nSPS) is 10.2. The molecule has 3 nitrogen and oxygen atoms in total. The summed E-state index contributed by atoms with van der Waals surface area (Å²) in [6.07, 6.45) is 0. The molecular formula is C11H15NO2. The Balaban J connectivity index is 3.09. The van der Waals surface area contributed by atoms with Gasteiger partial charge in [-0.3, -0.25) is 4.79 Å². The van der Waals surface area contributed by atoms with Gasteiger partial charge < -0.3 is 10.4 Å². The van der Waals surface area contributed by atoms with Gasteiger partial charge in [0.25, 0.3) is 0 Å². The first-order chi connectivity index (χ1) is 6.56. The van der Waals surface area contributed by atoms with Crippen molar-refractivity contribution in [2.75, 3.05) is 13.6 Å². The molecule has 0 amide bonds. The molecular weight excluding hydrogens is 178 g/mol. The van der Waals surface area contributed by atoms with Crippen molar-refractivity contribution in [3.8, 4) is 5.75 Å². The number of carbonyl (C=O) groups is 1. The average Bonchev–Trinajstić information content (AvgIpc) is 2.11. The Morgan fingerprint density at radius 2 is 2.00 bits per heavy atom. The molecule has 0 atom stereocenters. The predicted molar refractivity (Wildman–Crippen MR) is 55.8 cm³/mol. The molecule has 2 N–H and O–H groups in total. The summed E-state index contributed by atoms with van der Waals surface area (Å²) >= 11 is 0. The maximum absolute atomic E-state index is 11.6. The van der Waals surface area contributed by atoms with Gasteiger partial charge in [0.15, 0.2) is 5.78 Å². The molecule has 0 heterocycles. The summed E-state index contributed by atoms with van der Waals surface area (Å²) in [7, 11) is 1.74. The van der Waals surface area contributed by atoms with Crippen molar-refractivity contribution in [1.82, 2.24) is 5.32 Å². The number of phenolic OH excluding ortho intramolecular Hbond substituents is 1. The van der Waals surface area contributed by atoms with Gasteiger partial charge in [-0.1, -0.05) is 0 Å². The fraction of sp³-hybridized carbons (Fsp3) is 0.364. The molecule has 0 unspecified atom stereocenters. The lowest BCUT2D eigenvalue weighted by molar-refractivity contribution is 0.0993. The zero-order valence-corrected chi connectivity index (χ0v) is 8.72. The highest BCUT2D eigenvalue weighted by Gasteiger charge is 2.10. The van der Waals surface area contributed by atoms with Gasteiger partial charge in [-0.25, -0.2) is 0 Å². The fourth-order valence-corrected chi connectivity index (χ4v) is 1.36. The molecule has 3 heteroatoms. The Hall–Kier alpha value is -1.35. The van der Waals surface area contributed by atoms with Crippen molar-refractivity contribution in [2.24, 2.45) is 0 Å². The molecule has 1 aromatic carbocycles. The first-order valence-electron chi connectivity index (χ1n) is 4.54. The number of hydrogen-bond acceptors (Lipinski definition) is 3. The Morgan fingerprint density at radius 1 is 1.36 bits per heavy atom. The number of aryl methyl sites for hydroxylation is 2. The smallest absolute Gasteiger partial charge is 0.176 e. The molecule has 76 valence electrons. The lowest BCUT2D eigenvalue weighted by Crippen LogP contribution is -2.19. The van der Waals surface area contributed by atoms with E-state index >= 15 is 0 Å². The van der Waals surface area contributed by atoms with E-state index in [9.17, 15) is 9.90 Å². The number of ketones is 1. The van der Waals surface area contributed by atoms with E-state index in [1.165, 1.54) is 0 Å². The Kier molecular flexibility index (Phi) is 3.25. The zero-order chi connectivity index (χ0) is 10.7. The summed E-state index contributed by atoms with van der Waals surface area (Å²) in [6, 6.07) is 3.35. The van der Waals surface area contributed by atoms with E-state index in [4.69, 9.17) is 0 Å². The van der Waals surface area contributed by atoms with Crippen molar-refractivity contribution >= 4 is 5.78 Å². The number of rotatable bonds is 3. The second-order valence-corrected chi connectivity index (χ2v) is 3.41. The molecule has 0 radical (unpaired) electrons. The standard InChI is InChI=1S/C11H15NO2/c1-7-5-10(13)8(2)4-9(7)11(14)6-12-3/h4-5,12-13H,6H2,1-3H3.